The minimum absolute atomic E-state index is 0.0374. The van der Waals surface area contributed by atoms with E-state index in [0.717, 1.165) is 15.9 Å². The molecule has 1 amide bonds. The van der Waals surface area contributed by atoms with Crippen molar-refractivity contribution >= 4 is 40.2 Å². The first-order chi connectivity index (χ1) is 13.0. The van der Waals surface area contributed by atoms with Crippen molar-refractivity contribution in [1.29, 1.82) is 0 Å². The molecule has 0 aliphatic heterocycles. The van der Waals surface area contributed by atoms with Gasteiger partial charge in [-0.05, 0) is 38.3 Å². The molecule has 0 fully saturated rings. The molecule has 7 heteroatoms. The van der Waals surface area contributed by atoms with Gasteiger partial charge >= 0.3 is 0 Å². The molecular formula is C20H22N4O2S. The first kappa shape index (κ1) is 19.1. The highest BCUT2D eigenvalue weighted by Gasteiger charge is 2.12. The highest BCUT2D eigenvalue weighted by molar-refractivity contribution is 7.98. The molecule has 2 aromatic heterocycles. The summed E-state index contributed by atoms with van der Waals surface area (Å²) >= 11 is 1.63. The number of nitrogens with zero attached hydrogens (tertiary/aromatic N) is 3. The van der Waals surface area contributed by atoms with E-state index in [-0.39, 0.29) is 30.6 Å². The van der Waals surface area contributed by atoms with Crippen LogP contribution >= 0.6 is 11.8 Å². The number of Topliss-reactive ketones (excluding diaryl/α,β-unsaturated/α-hetero) is 1. The monoisotopic (exact) mass is 382 g/mol. The summed E-state index contributed by atoms with van der Waals surface area (Å²) in [7, 11) is 0. The second-order valence-corrected chi connectivity index (χ2v) is 7.40. The lowest BCUT2D eigenvalue weighted by Gasteiger charge is -2.08. The van der Waals surface area contributed by atoms with Gasteiger partial charge in [0.05, 0.1) is 18.1 Å². The number of ketones is 1. The number of hydrogen-bond acceptors (Lipinski definition) is 5. The number of anilines is 1. The Kier molecular flexibility index (Phi) is 5.91. The van der Waals surface area contributed by atoms with E-state index in [9.17, 15) is 9.59 Å². The Bertz CT molecular complexity index is 964. The Hall–Kier alpha value is -2.67. The average molecular weight is 382 g/mol. The maximum absolute atomic E-state index is 12.2. The van der Waals surface area contributed by atoms with Crippen molar-refractivity contribution in [1.82, 2.24) is 14.8 Å². The van der Waals surface area contributed by atoms with E-state index in [2.05, 4.69) is 15.4 Å². The zero-order valence-corrected chi connectivity index (χ0v) is 16.4. The van der Waals surface area contributed by atoms with Crippen LogP contribution in [0.5, 0.6) is 0 Å². The summed E-state index contributed by atoms with van der Waals surface area (Å²) in [6, 6.07) is 9.49. The lowest BCUT2D eigenvalue weighted by molar-refractivity contribution is -0.116. The van der Waals surface area contributed by atoms with E-state index in [1.807, 2.05) is 43.0 Å². The van der Waals surface area contributed by atoms with Gasteiger partial charge in [0, 0.05) is 34.7 Å². The van der Waals surface area contributed by atoms with Crippen molar-refractivity contribution in [2.24, 2.45) is 0 Å². The number of aromatic nitrogens is 3. The minimum atomic E-state index is -0.207. The highest BCUT2D eigenvalue weighted by Crippen LogP contribution is 2.20. The van der Waals surface area contributed by atoms with Crippen LogP contribution in [0.4, 0.5) is 5.69 Å². The van der Waals surface area contributed by atoms with Crippen molar-refractivity contribution in [3.63, 3.8) is 0 Å². The second-order valence-electron chi connectivity index (χ2n) is 6.52. The van der Waals surface area contributed by atoms with Crippen LogP contribution in [0.3, 0.4) is 0 Å². The number of nitrogens with one attached hydrogen (secondary N) is 1. The normalized spacial score (nSPS) is 11.1. The number of benzene rings is 1. The molecule has 3 rings (SSSR count). The summed E-state index contributed by atoms with van der Waals surface area (Å²) in [5, 5.41) is 7.99. The van der Waals surface area contributed by atoms with Gasteiger partial charge in [0.25, 0.3) is 0 Å². The third-order valence-corrected chi connectivity index (χ3v) is 4.94. The molecule has 140 valence electrons. The fourth-order valence-electron chi connectivity index (χ4n) is 2.76. The molecule has 0 bridgehead atoms. The van der Waals surface area contributed by atoms with E-state index in [4.69, 9.17) is 0 Å². The van der Waals surface area contributed by atoms with Crippen LogP contribution in [0.1, 0.15) is 43.1 Å². The maximum Gasteiger partial charge on any atom is 0.224 e. The Morgan fingerprint density at radius 1 is 1.15 bits per heavy atom. The van der Waals surface area contributed by atoms with Crippen molar-refractivity contribution in [3.05, 3.63) is 48.3 Å². The second kappa shape index (κ2) is 8.35. The van der Waals surface area contributed by atoms with Crippen LogP contribution in [0.25, 0.3) is 11.0 Å². The predicted molar refractivity (Wildman–Crippen MR) is 108 cm³/mol. The van der Waals surface area contributed by atoms with Crippen molar-refractivity contribution < 1.29 is 9.59 Å². The van der Waals surface area contributed by atoms with Gasteiger partial charge in [0.2, 0.25) is 5.91 Å². The van der Waals surface area contributed by atoms with Crippen molar-refractivity contribution in [2.45, 2.75) is 37.6 Å². The molecule has 6 nitrogen and oxygen atoms in total. The number of carbonyl (C=O) groups is 2. The van der Waals surface area contributed by atoms with E-state index in [1.54, 1.807) is 36.3 Å². The topological polar surface area (TPSA) is 76.9 Å². The van der Waals surface area contributed by atoms with Gasteiger partial charge in [0.1, 0.15) is 0 Å². The molecule has 0 atom stereocenters. The number of rotatable bonds is 7. The third-order valence-electron chi connectivity index (χ3n) is 4.20. The van der Waals surface area contributed by atoms with Gasteiger partial charge < -0.3 is 5.32 Å². The van der Waals surface area contributed by atoms with Crippen LogP contribution < -0.4 is 5.32 Å². The zero-order valence-electron chi connectivity index (χ0n) is 15.6. The summed E-state index contributed by atoms with van der Waals surface area (Å²) < 4.78 is 1.84. The molecule has 0 radical (unpaired) electrons. The maximum atomic E-state index is 12.2. The molecule has 0 spiro atoms. The van der Waals surface area contributed by atoms with Gasteiger partial charge in [-0.2, -0.15) is 5.10 Å². The number of amides is 1. The van der Waals surface area contributed by atoms with E-state index >= 15 is 0 Å². The highest BCUT2D eigenvalue weighted by atomic mass is 32.2. The molecule has 1 aromatic carbocycles. The lowest BCUT2D eigenvalue weighted by atomic mass is 10.1. The third kappa shape index (κ3) is 4.54. The van der Waals surface area contributed by atoms with Gasteiger partial charge in [-0.1, -0.05) is 12.1 Å². The summed E-state index contributed by atoms with van der Waals surface area (Å²) in [6.45, 7) is 4.07. The Morgan fingerprint density at radius 3 is 2.56 bits per heavy atom. The first-order valence-electron chi connectivity index (χ1n) is 8.78. The largest absolute Gasteiger partial charge is 0.325 e. The van der Waals surface area contributed by atoms with E-state index < -0.39 is 0 Å². The summed E-state index contributed by atoms with van der Waals surface area (Å²) in [6.07, 6.45) is 5.64. The van der Waals surface area contributed by atoms with Gasteiger partial charge in [-0.3, -0.25) is 9.59 Å². The first-order valence-corrected chi connectivity index (χ1v) is 10.0. The predicted octanol–water partition coefficient (Wildman–Crippen LogP) is 4.34. The zero-order chi connectivity index (χ0) is 19.4. The summed E-state index contributed by atoms with van der Waals surface area (Å²) in [5.74, 6) is -0.244. The Morgan fingerprint density at radius 2 is 1.89 bits per heavy atom. The standard InChI is InChI=1S/C20H22N4O2S/c1-13(2)24-20-15(11-22-24)10-16(12-21-20)23-19(26)9-8-18(25)14-4-6-17(27-3)7-5-14/h4-7,10-13H,8-9H2,1-3H3,(H,23,26). The lowest BCUT2D eigenvalue weighted by Crippen LogP contribution is -2.13. The Labute approximate surface area is 162 Å². The molecule has 0 unspecified atom stereocenters. The SMILES string of the molecule is CSc1ccc(C(=O)CCC(=O)Nc2cnc3c(cnn3C(C)C)c2)cc1. The van der Waals surface area contributed by atoms with E-state index in [0.29, 0.717) is 11.3 Å². The number of hydrogen-bond donors (Lipinski definition) is 1. The van der Waals surface area contributed by atoms with Crippen molar-refractivity contribution in [2.75, 3.05) is 11.6 Å². The number of pyridine rings is 1. The number of carbonyl (C=O) groups excluding carboxylic acids is 2. The fourth-order valence-corrected chi connectivity index (χ4v) is 3.17. The van der Waals surface area contributed by atoms with Crippen LogP contribution in [0, 0.1) is 0 Å². The summed E-state index contributed by atoms with van der Waals surface area (Å²) in [4.78, 5) is 29.9. The van der Waals surface area contributed by atoms with Crippen molar-refractivity contribution in [3.8, 4) is 0 Å². The molecular weight excluding hydrogens is 360 g/mol. The van der Waals surface area contributed by atoms with Crippen LogP contribution in [-0.4, -0.2) is 32.7 Å². The van der Waals surface area contributed by atoms with Gasteiger partial charge in [-0.15, -0.1) is 11.8 Å². The summed E-state index contributed by atoms with van der Waals surface area (Å²) in [5.41, 5.74) is 2.02. The smallest absolute Gasteiger partial charge is 0.224 e. The molecule has 0 aliphatic rings. The van der Waals surface area contributed by atoms with Crippen LogP contribution in [0.15, 0.2) is 47.6 Å². The minimum Gasteiger partial charge on any atom is -0.325 e. The molecule has 0 saturated heterocycles. The Balaban J connectivity index is 1.58. The number of fused-ring (bicyclic) bond motifs is 1. The fraction of sp³-hybridized carbons (Fsp3) is 0.300. The van der Waals surface area contributed by atoms with Crippen LogP contribution in [0.2, 0.25) is 0 Å². The molecule has 3 aromatic rings. The van der Waals surface area contributed by atoms with Crippen LogP contribution in [-0.2, 0) is 4.79 Å². The number of thioether (sulfide) groups is 1. The molecule has 0 aliphatic carbocycles. The quantitative estimate of drug-likeness (QED) is 0.486. The molecule has 1 N–H and O–H groups in total. The molecule has 2 heterocycles. The van der Waals surface area contributed by atoms with E-state index in [1.165, 1.54) is 0 Å². The van der Waals surface area contributed by atoms with Gasteiger partial charge in [0.15, 0.2) is 11.4 Å². The average Bonchev–Trinajstić information content (AvgIpc) is 3.09. The molecule has 27 heavy (non-hydrogen) atoms. The van der Waals surface area contributed by atoms with Gasteiger partial charge in [-0.25, -0.2) is 9.67 Å². The molecule has 0 saturated carbocycles.